The van der Waals surface area contributed by atoms with Gasteiger partial charge in [-0.25, -0.2) is 0 Å². The Morgan fingerprint density at radius 1 is 1.00 bits per heavy atom. The zero-order valence-corrected chi connectivity index (χ0v) is 13.8. The number of para-hydroxylation sites is 1. The van der Waals surface area contributed by atoms with Crippen LogP contribution >= 0.6 is 0 Å². The zero-order valence-electron chi connectivity index (χ0n) is 13.8. The molecule has 1 aromatic heterocycles. The number of likely N-dealkylation sites (tertiary alicyclic amines) is 1. The van der Waals surface area contributed by atoms with Crippen LogP contribution in [0.4, 0.5) is 0 Å². The smallest absolute Gasteiger partial charge is 0.0497 e. The fourth-order valence-corrected chi connectivity index (χ4v) is 3.90. The van der Waals surface area contributed by atoms with Crippen molar-refractivity contribution < 1.29 is 0 Å². The lowest BCUT2D eigenvalue weighted by Gasteiger charge is -2.32. The van der Waals surface area contributed by atoms with Crippen molar-refractivity contribution in [3.8, 4) is 11.3 Å². The Kier molecular flexibility index (Phi) is 3.92. The monoisotopic (exact) mass is 304 g/mol. The number of nitrogens with one attached hydrogen (secondary N) is 1. The van der Waals surface area contributed by atoms with Gasteiger partial charge in [-0.3, -0.25) is 0 Å². The SMILES string of the molecule is CN1CCCC[C@H]1Cc1c(-c2ccccc2)[nH]c2ccccc12. The normalized spacial score (nSPS) is 19.3. The number of H-pyrrole nitrogens is 1. The molecule has 2 heterocycles. The molecule has 1 saturated heterocycles. The van der Waals surface area contributed by atoms with Gasteiger partial charge in [0.25, 0.3) is 0 Å². The van der Waals surface area contributed by atoms with Gasteiger partial charge in [-0.1, -0.05) is 55.0 Å². The Labute approximate surface area is 138 Å². The quantitative estimate of drug-likeness (QED) is 0.732. The highest BCUT2D eigenvalue weighted by Gasteiger charge is 2.22. The van der Waals surface area contributed by atoms with Crippen LogP contribution in [-0.4, -0.2) is 29.5 Å². The first-order valence-electron chi connectivity index (χ1n) is 8.68. The molecule has 2 aromatic carbocycles. The Morgan fingerprint density at radius 3 is 2.61 bits per heavy atom. The number of piperidine rings is 1. The van der Waals surface area contributed by atoms with Gasteiger partial charge in [-0.15, -0.1) is 0 Å². The van der Waals surface area contributed by atoms with E-state index in [4.69, 9.17) is 0 Å². The Bertz CT molecular complexity index is 788. The van der Waals surface area contributed by atoms with E-state index in [1.165, 1.54) is 53.5 Å². The lowest BCUT2D eigenvalue weighted by Crippen LogP contribution is -2.37. The van der Waals surface area contributed by atoms with E-state index in [0.29, 0.717) is 6.04 Å². The van der Waals surface area contributed by atoms with Crippen molar-refractivity contribution >= 4 is 10.9 Å². The number of benzene rings is 2. The van der Waals surface area contributed by atoms with E-state index in [0.717, 1.165) is 6.42 Å². The van der Waals surface area contributed by atoms with E-state index < -0.39 is 0 Å². The standard InChI is InChI=1S/C21H24N2/c1-23-14-8-7-11-17(23)15-19-18-12-5-6-13-20(18)22-21(19)16-9-3-2-4-10-16/h2-6,9-10,12-13,17,22H,7-8,11,14-15H2,1H3/t17-/m0/s1. The third kappa shape index (κ3) is 2.79. The van der Waals surface area contributed by atoms with Gasteiger partial charge >= 0.3 is 0 Å². The summed E-state index contributed by atoms with van der Waals surface area (Å²) in [6.07, 6.45) is 5.14. The molecule has 3 aromatic rings. The maximum Gasteiger partial charge on any atom is 0.0497 e. The molecule has 23 heavy (non-hydrogen) atoms. The van der Waals surface area contributed by atoms with Gasteiger partial charge in [-0.05, 0) is 50.0 Å². The third-order valence-electron chi connectivity index (χ3n) is 5.24. The number of hydrogen-bond donors (Lipinski definition) is 1. The molecule has 0 spiro atoms. The molecule has 1 N–H and O–H groups in total. The minimum atomic E-state index is 0.658. The Morgan fingerprint density at radius 2 is 1.78 bits per heavy atom. The van der Waals surface area contributed by atoms with E-state index in [1.807, 2.05) is 0 Å². The van der Waals surface area contributed by atoms with Crippen molar-refractivity contribution in [2.75, 3.05) is 13.6 Å². The number of likely N-dealkylation sites (N-methyl/N-ethyl adjacent to an activating group) is 1. The van der Waals surface area contributed by atoms with E-state index in [-0.39, 0.29) is 0 Å². The molecule has 4 rings (SSSR count). The van der Waals surface area contributed by atoms with Gasteiger partial charge < -0.3 is 9.88 Å². The number of nitrogens with zero attached hydrogens (tertiary/aromatic N) is 1. The molecule has 0 aliphatic carbocycles. The van der Waals surface area contributed by atoms with E-state index in [1.54, 1.807) is 0 Å². The summed E-state index contributed by atoms with van der Waals surface area (Å²) in [5, 5.41) is 1.38. The molecule has 1 fully saturated rings. The minimum Gasteiger partial charge on any atom is -0.354 e. The first kappa shape index (κ1) is 14.5. The summed E-state index contributed by atoms with van der Waals surface area (Å²) in [6, 6.07) is 20.1. The second-order valence-corrected chi connectivity index (χ2v) is 6.72. The lowest BCUT2D eigenvalue weighted by atomic mass is 9.93. The number of fused-ring (bicyclic) bond motifs is 1. The molecule has 0 bridgehead atoms. The predicted molar refractivity (Wildman–Crippen MR) is 97.7 cm³/mol. The van der Waals surface area contributed by atoms with Crippen molar-refractivity contribution in [2.45, 2.75) is 31.7 Å². The van der Waals surface area contributed by atoms with E-state index in [9.17, 15) is 0 Å². The maximum absolute atomic E-state index is 3.67. The largest absolute Gasteiger partial charge is 0.354 e. The van der Waals surface area contributed by atoms with Crippen LogP contribution in [0.5, 0.6) is 0 Å². The number of aromatic amines is 1. The molecule has 1 aliphatic rings. The highest BCUT2D eigenvalue weighted by molar-refractivity contribution is 5.90. The maximum atomic E-state index is 3.67. The van der Waals surface area contributed by atoms with Crippen LogP contribution in [-0.2, 0) is 6.42 Å². The van der Waals surface area contributed by atoms with Crippen LogP contribution in [0.15, 0.2) is 54.6 Å². The first-order valence-corrected chi connectivity index (χ1v) is 8.68. The van der Waals surface area contributed by atoms with Gasteiger partial charge in [0, 0.05) is 22.6 Å². The molecule has 0 radical (unpaired) electrons. The topological polar surface area (TPSA) is 19.0 Å². The highest BCUT2D eigenvalue weighted by Crippen LogP contribution is 2.33. The van der Waals surface area contributed by atoms with Crippen LogP contribution in [0.3, 0.4) is 0 Å². The fraction of sp³-hybridized carbons (Fsp3) is 0.333. The first-order chi connectivity index (χ1) is 11.3. The molecule has 0 unspecified atom stereocenters. The molecule has 0 amide bonds. The molecule has 0 saturated carbocycles. The van der Waals surface area contributed by atoms with Crippen molar-refractivity contribution in [1.82, 2.24) is 9.88 Å². The lowest BCUT2D eigenvalue weighted by molar-refractivity contribution is 0.185. The zero-order chi connectivity index (χ0) is 15.6. The molecule has 1 aliphatic heterocycles. The second-order valence-electron chi connectivity index (χ2n) is 6.72. The van der Waals surface area contributed by atoms with Gasteiger partial charge in [0.15, 0.2) is 0 Å². The van der Waals surface area contributed by atoms with Crippen molar-refractivity contribution in [3.63, 3.8) is 0 Å². The molecule has 2 heteroatoms. The van der Waals surface area contributed by atoms with Gasteiger partial charge in [0.2, 0.25) is 0 Å². The molecule has 118 valence electrons. The van der Waals surface area contributed by atoms with Gasteiger partial charge in [0.1, 0.15) is 0 Å². The van der Waals surface area contributed by atoms with Crippen LogP contribution in [0.2, 0.25) is 0 Å². The van der Waals surface area contributed by atoms with Crippen LogP contribution in [0.25, 0.3) is 22.2 Å². The predicted octanol–water partition coefficient (Wildman–Crippen LogP) is 4.86. The molecular weight excluding hydrogens is 280 g/mol. The van der Waals surface area contributed by atoms with Crippen molar-refractivity contribution in [3.05, 3.63) is 60.2 Å². The minimum absolute atomic E-state index is 0.658. The molecule has 1 atom stereocenters. The highest BCUT2D eigenvalue weighted by atomic mass is 15.1. The van der Waals surface area contributed by atoms with Gasteiger partial charge in [0.05, 0.1) is 0 Å². The third-order valence-corrected chi connectivity index (χ3v) is 5.24. The average Bonchev–Trinajstić information content (AvgIpc) is 2.96. The molecular formula is C21H24N2. The molecule has 2 nitrogen and oxygen atoms in total. The fourth-order valence-electron chi connectivity index (χ4n) is 3.90. The second kappa shape index (κ2) is 6.21. The van der Waals surface area contributed by atoms with E-state index in [2.05, 4.69) is 71.5 Å². The number of hydrogen-bond acceptors (Lipinski definition) is 1. The summed E-state index contributed by atoms with van der Waals surface area (Å²) in [6.45, 7) is 1.23. The Hall–Kier alpha value is -2.06. The van der Waals surface area contributed by atoms with Gasteiger partial charge in [-0.2, -0.15) is 0 Å². The summed E-state index contributed by atoms with van der Waals surface area (Å²) in [5.41, 5.74) is 5.31. The van der Waals surface area contributed by atoms with Crippen LogP contribution in [0.1, 0.15) is 24.8 Å². The summed E-state index contributed by atoms with van der Waals surface area (Å²) < 4.78 is 0. The number of aromatic nitrogens is 1. The van der Waals surface area contributed by atoms with Crippen molar-refractivity contribution in [2.24, 2.45) is 0 Å². The van der Waals surface area contributed by atoms with Crippen molar-refractivity contribution in [1.29, 1.82) is 0 Å². The number of rotatable bonds is 3. The van der Waals surface area contributed by atoms with Crippen LogP contribution in [0, 0.1) is 0 Å². The summed E-state index contributed by atoms with van der Waals surface area (Å²) >= 11 is 0. The average molecular weight is 304 g/mol. The summed E-state index contributed by atoms with van der Waals surface area (Å²) in [5.74, 6) is 0. The summed E-state index contributed by atoms with van der Waals surface area (Å²) in [7, 11) is 2.28. The van der Waals surface area contributed by atoms with E-state index >= 15 is 0 Å². The summed E-state index contributed by atoms with van der Waals surface area (Å²) in [4.78, 5) is 6.21. The van der Waals surface area contributed by atoms with Crippen LogP contribution < -0.4 is 0 Å². The Balaban J connectivity index is 1.80.